The molecule has 0 aromatic heterocycles. The van der Waals surface area contributed by atoms with Crippen molar-refractivity contribution in [1.82, 2.24) is 5.06 Å². The second-order valence-electron chi connectivity index (χ2n) is 6.52. The zero-order chi connectivity index (χ0) is 18.1. The van der Waals surface area contributed by atoms with Gasteiger partial charge in [0.2, 0.25) is 0 Å². The Kier molecular flexibility index (Phi) is 4.34. The molecular formula is C20H19NO5. The van der Waals surface area contributed by atoms with Crippen LogP contribution in [0.5, 0.6) is 0 Å². The van der Waals surface area contributed by atoms with Crippen LogP contribution in [-0.4, -0.2) is 41.5 Å². The lowest BCUT2D eigenvalue weighted by Crippen LogP contribution is -2.37. The Balaban J connectivity index is 1.45. The number of hydroxylamine groups is 2. The standard InChI is InChI=1S/C20H19NO5/c22-19(23)18-10-5-11-21(18)26-20(24)25-12-17-15-8-3-1-6-13(15)14-7-2-4-9-16(14)17/h1-4,6-9,17-18H,5,10-12H2,(H,22,23)/t18-/m0/s1. The molecule has 0 amide bonds. The highest BCUT2D eigenvalue weighted by atomic mass is 16.8. The number of carbonyl (C=O) groups is 2. The molecule has 6 heteroatoms. The molecule has 0 saturated carbocycles. The molecule has 6 nitrogen and oxygen atoms in total. The lowest BCUT2D eigenvalue weighted by molar-refractivity contribution is -0.168. The van der Waals surface area contributed by atoms with E-state index >= 15 is 0 Å². The second kappa shape index (κ2) is 6.80. The van der Waals surface area contributed by atoms with Crippen LogP contribution < -0.4 is 0 Å². The molecule has 1 fully saturated rings. The fraction of sp³-hybridized carbons (Fsp3) is 0.300. The van der Waals surface area contributed by atoms with Gasteiger partial charge >= 0.3 is 12.1 Å². The van der Waals surface area contributed by atoms with E-state index in [1.165, 1.54) is 5.06 Å². The Morgan fingerprint density at radius 1 is 1.04 bits per heavy atom. The molecule has 1 aliphatic heterocycles. The van der Waals surface area contributed by atoms with E-state index in [2.05, 4.69) is 12.1 Å². The highest BCUT2D eigenvalue weighted by molar-refractivity contribution is 5.79. The summed E-state index contributed by atoms with van der Waals surface area (Å²) in [5.74, 6) is -1.04. The van der Waals surface area contributed by atoms with Gasteiger partial charge in [-0.3, -0.25) is 4.79 Å². The molecule has 0 spiro atoms. The number of rotatable bonds is 4. The summed E-state index contributed by atoms with van der Waals surface area (Å²) in [4.78, 5) is 28.3. The largest absolute Gasteiger partial charge is 0.527 e. The zero-order valence-electron chi connectivity index (χ0n) is 14.1. The SMILES string of the molecule is O=C(OCC1c2ccccc2-c2ccccc21)ON1CCC[C@H]1C(=O)O. The van der Waals surface area contributed by atoms with Crippen molar-refractivity contribution in [2.75, 3.05) is 13.2 Å². The average molecular weight is 353 g/mol. The quantitative estimate of drug-likeness (QED) is 0.849. The summed E-state index contributed by atoms with van der Waals surface area (Å²) in [6.45, 7) is 0.555. The van der Waals surface area contributed by atoms with E-state index in [-0.39, 0.29) is 12.5 Å². The van der Waals surface area contributed by atoms with Gasteiger partial charge in [-0.1, -0.05) is 48.5 Å². The molecule has 4 rings (SSSR count). The van der Waals surface area contributed by atoms with E-state index in [9.17, 15) is 9.59 Å². The molecule has 0 unspecified atom stereocenters. The van der Waals surface area contributed by atoms with E-state index < -0.39 is 18.2 Å². The van der Waals surface area contributed by atoms with Crippen molar-refractivity contribution < 1.29 is 24.3 Å². The number of fused-ring (bicyclic) bond motifs is 3. The molecule has 1 N–H and O–H groups in total. The summed E-state index contributed by atoms with van der Waals surface area (Å²) < 4.78 is 5.33. The molecule has 0 radical (unpaired) electrons. The molecule has 1 atom stereocenters. The van der Waals surface area contributed by atoms with Crippen LogP contribution in [0.4, 0.5) is 4.79 Å². The first-order chi connectivity index (χ1) is 12.6. The summed E-state index contributed by atoms with van der Waals surface area (Å²) >= 11 is 0. The first kappa shape index (κ1) is 16.6. The molecular weight excluding hydrogens is 334 g/mol. The fourth-order valence-corrected chi connectivity index (χ4v) is 3.81. The van der Waals surface area contributed by atoms with E-state index in [0.29, 0.717) is 19.4 Å². The maximum absolute atomic E-state index is 12.1. The summed E-state index contributed by atoms with van der Waals surface area (Å²) in [6, 6.07) is 15.3. The number of nitrogens with zero attached hydrogens (tertiary/aromatic N) is 1. The fourth-order valence-electron chi connectivity index (χ4n) is 3.81. The van der Waals surface area contributed by atoms with Gasteiger partial charge in [0.05, 0.1) is 0 Å². The number of ether oxygens (including phenoxy) is 1. The summed E-state index contributed by atoms with van der Waals surface area (Å²) in [5.41, 5.74) is 4.53. The average Bonchev–Trinajstić information content (AvgIpc) is 3.23. The number of benzene rings is 2. The van der Waals surface area contributed by atoms with Crippen LogP contribution in [0.3, 0.4) is 0 Å². The molecule has 2 aromatic carbocycles. The Labute approximate surface area is 150 Å². The lowest BCUT2D eigenvalue weighted by Gasteiger charge is -2.20. The van der Waals surface area contributed by atoms with Crippen LogP contribution in [0.25, 0.3) is 11.1 Å². The zero-order valence-corrected chi connectivity index (χ0v) is 14.1. The molecule has 1 saturated heterocycles. The van der Waals surface area contributed by atoms with Gasteiger partial charge in [-0.15, -0.1) is 5.06 Å². The third-order valence-corrected chi connectivity index (χ3v) is 5.01. The van der Waals surface area contributed by atoms with Crippen LogP contribution in [0, 0.1) is 0 Å². The van der Waals surface area contributed by atoms with E-state index in [1.54, 1.807) is 0 Å². The second-order valence-corrected chi connectivity index (χ2v) is 6.52. The normalized spacial score (nSPS) is 19.0. The van der Waals surface area contributed by atoms with Crippen molar-refractivity contribution in [2.45, 2.75) is 24.8 Å². The van der Waals surface area contributed by atoms with Gasteiger partial charge in [-0.25, -0.2) is 4.79 Å². The summed E-state index contributed by atoms with van der Waals surface area (Å²) in [7, 11) is 0. The first-order valence-corrected chi connectivity index (χ1v) is 8.67. The van der Waals surface area contributed by atoms with Gasteiger partial charge in [0.1, 0.15) is 12.6 Å². The smallest absolute Gasteiger partial charge is 0.480 e. The van der Waals surface area contributed by atoms with Crippen LogP contribution in [0.2, 0.25) is 0 Å². The molecule has 2 aromatic rings. The van der Waals surface area contributed by atoms with E-state index in [1.807, 2.05) is 36.4 Å². The molecule has 1 aliphatic carbocycles. The van der Waals surface area contributed by atoms with Crippen molar-refractivity contribution in [2.24, 2.45) is 0 Å². The molecule has 134 valence electrons. The minimum atomic E-state index is -0.992. The van der Waals surface area contributed by atoms with Gasteiger partial charge in [0.15, 0.2) is 0 Å². The Bertz CT molecular complexity index is 804. The summed E-state index contributed by atoms with van der Waals surface area (Å²) in [5, 5.41) is 10.3. The number of carboxylic acids is 1. The number of carboxylic acid groups (broad SMARTS) is 1. The van der Waals surface area contributed by atoms with Crippen LogP contribution in [0.15, 0.2) is 48.5 Å². The Morgan fingerprint density at radius 2 is 1.65 bits per heavy atom. The van der Waals surface area contributed by atoms with Gasteiger partial charge in [0.25, 0.3) is 0 Å². The van der Waals surface area contributed by atoms with E-state index in [0.717, 1.165) is 22.3 Å². The number of aliphatic carboxylic acids is 1. The van der Waals surface area contributed by atoms with Crippen molar-refractivity contribution in [3.8, 4) is 11.1 Å². The number of hydrogen-bond acceptors (Lipinski definition) is 5. The predicted octanol–water partition coefficient (Wildman–Crippen LogP) is 3.42. The minimum Gasteiger partial charge on any atom is -0.480 e. The molecule has 2 aliphatic rings. The monoisotopic (exact) mass is 353 g/mol. The Morgan fingerprint density at radius 3 is 2.27 bits per heavy atom. The predicted molar refractivity (Wildman–Crippen MR) is 93.5 cm³/mol. The van der Waals surface area contributed by atoms with Crippen molar-refractivity contribution >= 4 is 12.1 Å². The van der Waals surface area contributed by atoms with Gasteiger partial charge in [0, 0.05) is 12.5 Å². The molecule has 0 bridgehead atoms. The van der Waals surface area contributed by atoms with E-state index in [4.69, 9.17) is 14.7 Å². The molecule has 26 heavy (non-hydrogen) atoms. The van der Waals surface area contributed by atoms with Crippen LogP contribution >= 0.6 is 0 Å². The first-order valence-electron chi connectivity index (χ1n) is 8.67. The van der Waals surface area contributed by atoms with Crippen LogP contribution in [-0.2, 0) is 14.4 Å². The van der Waals surface area contributed by atoms with Gasteiger partial charge < -0.3 is 14.7 Å². The third-order valence-electron chi connectivity index (χ3n) is 5.01. The number of carbonyl (C=O) groups excluding carboxylic acids is 1. The van der Waals surface area contributed by atoms with Gasteiger partial charge in [-0.2, -0.15) is 0 Å². The maximum Gasteiger partial charge on any atom is 0.527 e. The van der Waals surface area contributed by atoms with Crippen LogP contribution in [0.1, 0.15) is 29.9 Å². The highest BCUT2D eigenvalue weighted by Gasteiger charge is 2.35. The highest BCUT2D eigenvalue weighted by Crippen LogP contribution is 2.44. The third kappa shape index (κ3) is 2.93. The molecule has 1 heterocycles. The maximum atomic E-state index is 12.1. The number of hydrogen-bond donors (Lipinski definition) is 1. The summed E-state index contributed by atoms with van der Waals surface area (Å²) in [6.07, 6.45) is 0.277. The minimum absolute atomic E-state index is 0.0520. The van der Waals surface area contributed by atoms with Crippen molar-refractivity contribution in [1.29, 1.82) is 0 Å². The van der Waals surface area contributed by atoms with Crippen molar-refractivity contribution in [3.05, 3.63) is 59.7 Å². The Hall–Kier alpha value is -2.86. The lowest BCUT2D eigenvalue weighted by atomic mass is 9.98. The van der Waals surface area contributed by atoms with Gasteiger partial charge in [-0.05, 0) is 35.1 Å². The van der Waals surface area contributed by atoms with Crippen molar-refractivity contribution in [3.63, 3.8) is 0 Å². The topological polar surface area (TPSA) is 76.1 Å².